The van der Waals surface area contributed by atoms with Crippen molar-refractivity contribution in [3.05, 3.63) is 222 Å². The molecular weight excluding hydrogens is 751 g/mol. The van der Waals surface area contributed by atoms with Gasteiger partial charge in [-0.05, 0) is 115 Å². The topological polar surface area (TPSA) is 16.4 Å². The molecule has 2 heteroatoms. The molecular formula is C60H45NO. The fraction of sp³-hybridized carbons (Fsp3) is 0.100. The van der Waals surface area contributed by atoms with E-state index in [-0.39, 0.29) is 10.8 Å². The highest BCUT2D eigenvalue weighted by Gasteiger charge is 2.38. The summed E-state index contributed by atoms with van der Waals surface area (Å²) >= 11 is 0. The predicted octanol–water partition coefficient (Wildman–Crippen LogP) is 16.7. The quantitative estimate of drug-likeness (QED) is 0.167. The van der Waals surface area contributed by atoms with Crippen LogP contribution in [0.1, 0.15) is 49.9 Å². The van der Waals surface area contributed by atoms with Crippen molar-refractivity contribution in [1.82, 2.24) is 0 Å². The van der Waals surface area contributed by atoms with E-state index in [2.05, 4.69) is 233 Å². The second-order valence-corrected chi connectivity index (χ2v) is 18.0. The van der Waals surface area contributed by atoms with Crippen molar-refractivity contribution in [1.29, 1.82) is 0 Å². The van der Waals surface area contributed by atoms with Gasteiger partial charge in [0.1, 0.15) is 11.2 Å². The second-order valence-electron chi connectivity index (χ2n) is 18.0. The molecule has 0 unspecified atom stereocenters. The molecule has 2 aliphatic carbocycles. The van der Waals surface area contributed by atoms with E-state index in [4.69, 9.17) is 4.42 Å². The van der Waals surface area contributed by atoms with Crippen molar-refractivity contribution in [3.8, 4) is 55.6 Å². The van der Waals surface area contributed by atoms with Gasteiger partial charge in [-0.1, -0.05) is 185 Å². The molecule has 0 amide bonds. The first-order valence-corrected chi connectivity index (χ1v) is 21.8. The monoisotopic (exact) mass is 795 g/mol. The van der Waals surface area contributed by atoms with Crippen molar-refractivity contribution in [2.24, 2.45) is 0 Å². The number of hydrogen-bond acceptors (Lipinski definition) is 2. The lowest BCUT2D eigenvalue weighted by Gasteiger charge is -2.32. The molecule has 0 aliphatic heterocycles. The number of furan rings is 1. The van der Waals surface area contributed by atoms with Crippen LogP contribution >= 0.6 is 0 Å². The minimum absolute atomic E-state index is 0.171. The summed E-state index contributed by atoms with van der Waals surface area (Å²) in [5.74, 6) is 0. The Hall–Kier alpha value is -7.42. The summed E-state index contributed by atoms with van der Waals surface area (Å²) < 4.78 is 6.62. The predicted molar refractivity (Wildman–Crippen MR) is 260 cm³/mol. The summed E-state index contributed by atoms with van der Waals surface area (Å²) in [4.78, 5) is 2.53. The van der Waals surface area contributed by atoms with Crippen LogP contribution in [0.4, 0.5) is 17.1 Å². The van der Waals surface area contributed by atoms with Crippen LogP contribution in [0.3, 0.4) is 0 Å². The molecule has 10 aromatic rings. The molecule has 0 spiro atoms. The Bertz CT molecular complexity index is 3310. The smallest absolute Gasteiger partial charge is 0.136 e. The van der Waals surface area contributed by atoms with E-state index in [0.717, 1.165) is 55.7 Å². The lowest BCUT2D eigenvalue weighted by molar-refractivity contribution is 0.660. The van der Waals surface area contributed by atoms with Crippen molar-refractivity contribution >= 4 is 39.0 Å². The van der Waals surface area contributed by atoms with Gasteiger partial charge in [-0.3, -0.25) is 0 Å². The van der Waals surface area contributed by atoms with E-state index in [1.807, 2.05) is 0 Å². The van der Waals surface area contributed by atoms with Gasteiger partial charge in [0.15, 0.2) is 0 Å². The van der Waals surface area contributed by atoms with Crippen molar-refractivity contribution in [3.63, 3.8) is 0 Å². The van der Waals surface area contributed by atoms with Crippen LogP contribution < -0.4 is 4.90 Å². The van der Waals surface area contributed by atoms with Gasteiger partial charge in [-0.25, -0.2) is 0 Å². The number of anilines is 3. The molecule has 0 radical (unpaired) electrons. The van der Waals surface area contributed by atoms with Gasteiger partial charge in [0.2, 0.25) is 0 Å². The van der Waals surface area contributed by atoms with Gasteiger partial charge in [-0.15, -0.1) is 0 Å². The third-order valence-corrected chi connectivity index (χ3v) is 13.9. The number of fused-ring (bicyclic) bond motifs is 9. The van der Waals surface area contributed by atoms with Gasteiger partial charge >= 0.3 is 0 Å². The molecule has 2 aliphatic rings. The summed E-state index contributed by atoms with van der Waals surface area (Å²) in [6.07, 6.45) is 0. The fourth-order valence-electron chi connectivity index (χ4n) is 10.9. The van der Waals surface area contributed by atoms with E-state index in [1.165, 1.54) is 61.2 Å². The lowest BCUT2D eigenvalue weighted by Crippen LogP contribution is -2.18. The van der Waals surface area contributed by atoms with Crippen LogP contribution in [0.25, 0.3) is 77.6 Å². The molecule has 0 bridgehead atoms. The average molecular weight is 796 g/mol. The van der Waals surface area contributed by atoms with Crippen LogP contribution in [0.15, 0.2) is 205 Å². The maximum Gasteiger partial charge on any atom is 0.136 e. The SMILES string of the molecule is CC1(C)c2ccccc2-c2ccc(N(c3ccc4c(c3)C(C)(C)c3ccccc3-4)c3cccc(-c4ccccc4-c4ccccc4)c3-c3cccc4oc5ccccc5c34)cc21. The van der Waals surface area contributed by atoms with Crippen LogP contribution in [-0.2, 0) is 10.8 Å². The van der Waals surface area contributed by atoms with Crippen molar-refractivity contribution in [2.75, 3.05) is 4.90 Å². The maximum atomic E-state index is 6.62. The first-order valence-electron chi connectivity index (χ1n) is 21.8. The Morgan fingerprint density at radius 3 is 1.50 bits per heavy atom. The Labute approximate surface area is 363 Å². The third kappa shape index (κ3) is 5.29. The molecule has 0 saturated carbocycles. The molecule has 0 atom stereocenters. The molecule has 2 nitrogen and oxygen atoms in total. The second kappa shape index (κ2) is 13.5. The van der Waals surface area contributed by atoms with E-state index in [0.29, 0.717) is 0 Å². The van der Waals surface area contributed by atoms with Gasteiger partial charge in [-0.2, -0.15) is 0 Å². The summed E-state index contributed by atoms with van der Waals surface area (Å²) in [7, 11) is 0. The van der Waals surface area contributed by atoms with Gasteiger partial charge in [0.05, 0.1) is 5.69 Å². The van der Waals surface area contributed by atoms with Crippen molar-refractivity contribution < 1.29 is 4.42 Å². The zero-order valence-electron chi connectivity index (χ0n) is 35.4. The third-order valence-electron chi connectivity index (χ3n) is 13.9. The zero-order chi connectivity index (χ0) is 41.7. The van der Waals surface area contributed by atoms with Gasteiger partial charge in [0.25, 0.3) is 0 Å². The Morgan fingerprint density at radius 2 is 0.839 bits per heavy atom. The molecule has 0 saturated heterocycles. The minimum atomic E-state index is -0.171. The minimum Gasteiger partial charge on any atom is -0.456 e. The van der Waals surface area contributed by atoms with Gasteiger partial charge < -0.3 is 9.32 Å². The number of rotatable bonds is 6. The van der Waals surface area contributed by atoms with E-state index in [1.54, 1.807) is 0 Å². The highest BCUT2D eigenvalue weighted by atomic mass is 16.3. The van der Waals surface area contributed by atoms with Crippen LogP contribution in [0.5, 0.6) is 0 Å². The Morgan fingerprint density at radius 1 is 0.355 bits per heavy atom. The van der Waals surface area contributed by atoms with Gasteiger partial charge in [0, 0.05) is 38.5 Å². The Balaban J connectivity index is 1.19. The first-order chi connectivity index (χ1) is 30.3. The number of nitrogens with zero attached hydrogens (tertiary/aromatic N) is 1. The first kappa shape index (κ1) is 36.4. The fourth-order valence-corrected chi connectivity index (χ4v) is 10.9. The molecule has 0 N–H and O–H groups in total. The molecule has 1 aromatic heterocycles. The molecule has 9 aromatic carbocycles. The van der Waals surface area contributed by atoms with E-state index >= 15 is 0 Å². The summed E-state index contributed by atoms with van der Waals surface area (Å²) in [6.45, 7) is 9.49. The number of benzene rings is 9. The molecule has 12 rings (SSSR count). The van der Waals surface area contributed by atoms with Crippen LogP contribution in [-0.4, -0.2) is 0 Å². The van der Waals surface area contributed by atoms with E-state index < -0.39 is 0 Å². The largest absolute Gasteiger partial charge is 0.456 e. The molecule has 1 heterocycles. The van der Waals surface area contributed by atoms with Crippen LogP contribution in [0, 0.1) is 0 Å². The highest BCUT2D eigenvalue weighted by molar-refractivity contribution is 6.16. The normalized spacial score (nSPS) is 14.1. The number of hydrogen-bond donors (Lipinski definition) is 0. The zero-order valence-corrected chi connectivity index (χ0v) is 35.4. The van der Waals surface area contributed by atoms with Crippen LogP contribution in [0.2, 0.25) is 0 Å². The average Bonchev–Trinajstić information content (AvgIpc) is 3.89. The highest BCUT2D eigenvalue weighted by Crippen LogP contribution is 2.55. The molecule has 62 heavy (non-hydrogen) atoms. The maximum absolute atomic E-state index is 6.62. The summed E-state index contributed by atoms with van der Waals surface area (Å²) in [6, 6.07) is 73.7. The summed E-state index contributed by atoms with van der Waals surface area (Å²) in [5, 5.41) is 2.22. The number of para-hydroxylation sites is 1. The molecule has 296 valence electrons. The van der Waals surface area contributed by atoms with E-state index in [9.17, 15) is 0 Å². The standard InChI is InChI=1S/C60H45NO/c1-59(2)50-27-13-10-22-43(50)45-34-32-39(36-52(45)59)61(40-33-35-46-44-23-11-14-28-51(44)60(3,4)53(46)37-40)54-29-16-25-47(42-21-9-8-20-41(42)38-18-6-5-7-19-38)57(54)49-26-17-31-56-58(49)48-24-12-15-30-55(48)62-56/h5-37H,1-4H3. The lowest BCUT2D eigenvalue weighted by atomic mass is 9.82. The summed E-state index contributed by atoms with van der Waals surface area (Å²) in [5.41, 5.74) is 22.4. The molecule has 0 fully saturated rings. The van der Waals surface area contributed by atoms with Crippen molar-refractivity contribution in [2.45, 2.75) is 38.5 Å². The Kier molecular flexibility index (Phi) is 7.96.